The van der Waals surface area contributed by atoms with E-state index in [-0.39, 0.29) is 5.54 Å². The third-order valence-electron chi connectivity index (χ3n) is 5.79. The molecule has 30 heavy (non-hydrogen) atoms. The van der Waals surface area contributed by atoms with Crippen LogP contribution in [0.2, 0.25) is 0 Å². The van der Waals surface area contributed by atoms with Gasteiger partial charge in [0.25, 0.3) is 0 Å². The Kier molecular flexibility index (Phi) is 9.67. The number of benzene rings is 2. The van der Waals surface area contributed by atoms with E-state index in [4.69, 9.17) is 0 Å². The highest BCUT2D eigenvalue weighted by Gasteiger charge is 2.32. The third kappa shape index (κ3) is 7.03. The lowest BCUT2D eigenvalue weighted by molar-refractivity contribution is 0.218. The van der Waals surface area contributed by atoms with Gasteiger partial charge in [-0.2, -0.15) is 0 Å². The van der Waals surface area contributed by atoms with Crippen LogP contribution in [0.1, 0.15) is 27.7 Å². The van der Waals surface area contributed by atoms with Crippen LogP contribution in [-0.4, -0.2) is 75.2 Å². The Morgan fingerprint density at radius 3 is 1.57 bits per heavy atom. The average molecular weight is 411 g/mol. The summed E-state index contributed by atoms with van der Waals surface area (Å²) < 4.78 is 0. The van der Waals surface area contributed by atoms with Gasteiger partial charge >= 0.3 is 0 Å². The SMILES string of the molecule is CC.CN1CCN(c2ccccc2)C(C)(C)C1.CN1CCN(c2ccccc2)CC1. The molecule has 166 valence electrons. The Labute approximate surface area is 185 Å². The maximum Gasteiger partial charge on any atom is 0.0473 e. The summed E-state index contributed by atoms with van der Waals surface area (Å²) in [7, 11) is 4.38. The Morgan fingerprint density at radius 2 is 1.07 bits per heavy atom. The molecule has 2 fully saturated rings. The van der Waals surface area contributed by atoms with Gasteiger partial charge in [-0.1, -0.05) is 50.2 Å². The molecular weight excluding hydrogens is 368 g/mol. The molecule has 2 aliphatic rings. The van der Waals surface area contributed by atoms with Crippen LogP contribution in [0.15, 0.2) is 60.7 Å². The molecule has 2 heterocycles. The fourth-order valence-electron chi connectivity index (χ4n) is 4.19. The molecule has 0 atom stereocenters. The first-order valence-electron chi connectivity index (χ1n) is 11.5. The van der Waals surface area contributed by atoms with E-state index in [9.17, 15) is 0 Å². The summed E-state index contributed by atoms with van der Waals surface area (Å²) in [4.78, 5) is 9.73. The van der Waals surface area contributed by atoms with Crippen LogP contribution in [0.5, 0.6) is 0 Å². The molecule has 2 saturated heterocycles. The van der Waals surface area contributed by atoms with Crippen molar-refractivity contribution in [2.45, 2.75) is 33.2 Å². The molecule has 0 spiro atoms. The topological polar surface area (TPSA) is 13.0 Å². The lowest BCUT2D eigenvalue weighted by atomic mass is 9.98. The fraction of sp³-hybridized carbons (Fsp3) is 0.538. The van der Waals surface area contributed by atoms with E-state index in [1.807, 2.05) is 13.8 Å². The van der Waals surface area contributed by atoms with Crippen molar-refractivity contribution in [2.24, 2.45) is 0 Å². The van der Waals surface area contributed by atoms with Crippen LogP contribution in [0.25, 0.3) is 0 Å². The zero-order chi connectivity index (χ0) is 22.0. The van der Waals surface area contributed by atoms with Crippen LogP contribution in [0.4, 0.5) is 11.4 Å². The molecule has 0 aromatic heterocycles. The molecule has 2 aliphatic heterocycles. The van der Waals surface area contributed by atoms with E-state index in [0.29, 0.717) is 0 Å². The van der Waals surface area contributed by atoms with Crippen LogP contribution in [-0.2, 0) is 0 Å². The largest absolute Gasteiger partial charge is 0.369 e. The second-order valence-electron chi connectivity index (χ2n) is 8.66. The van der Waals surface area contributed by atoms with Crippen molar-refractivity contribution >= 4 is 11.4 Å². The molecule has 2 aromatic rings. The monoisotopic (exact) mass is 410 g/mol. The van der Waals surface area contributed by atoms with E-state index >= 15 is 0 Å². The van der Waals surface area contributed by atoms with Gasteiger partial charge in [-0.15, -0.1) is 0 Å². The highest BCUT2D eigenvalue weighted by Crippen LogP contribution is 2.26. The fourth-order valence-corrected chi connectivity index (χ4v) is 4.19. The molecular formula is C26H42N4. The van der Waals surface area contributed by atoms with Gasteiger partial charge in [-0.05, 0) is 52.2 Å². The Bertz CT molecular complexity index is 693. The molecule has 0 bridgehead atoms. The summed E-state index contributed by atoms with van der Waals surface area (Å²) in [6, 6.07) is 21.4. The molecule has 4 rings (SSSR count). The van der Waals surface area contributed by atoms with Crippen molar-refractivity contribution in [3.05, 3.63) is 60.7 Å². The average Bonchev–Trinajstić information content (AvgIpc) is 2.77. The number of piperazine rings is 2. The van der Waals surface area contributed by atoms with Gasteiger partial charge in [0, 0.05) is 62.7 Å². The lowest BCUT2D eigenvalue weighted by Gasteiger charge is -2.47. The predicted octanol–water partition coefficient (Wildman–Crippen LogP) is 4.68. The highest BCUT2D eigenvalue weighted by molar-refractivity contribution is 5.49. The molecule has 0 radical (unpaired) electrons. The molecule has 2 aromatic carbocycles. The first kappa shape index (κ1) is 24.2. The summed E-state index contributed by atoms with van der Waals surface area (Å²) in [5.74, 6) is 0. The minimum Gasteiger partial charge on any atom is -0.369 e. The molecule has 0 N–H and O–H groups in total. The summed E-state index contributed by atoms with van der Waals surface area (Å²) in [5, 5.41) is 0. The highest BCUT2D eigenvalue weighted by atomic mass is 15.3. The molecule has 0 amide bonds. The van der Waals surface area contributed by atoms with E-state index in [0.717, 1.165) is 32.7 Å². The number of rotatable bonds is 2. The standard InChI is InChI=1S/C13H20N2.C11H16N2.C2H6/c1-13(2)11-14(3)9-10-15(13)12-7-5-4-6-8-12;1-12-7-9-13(10-8-12)11-5-3-2-4-6-11;1-2/h4-8H,9-11H2,1-3H3;2-6H,7-10H2,1H3;1-2H3. The Hall–Kier alpha value is -2.04. The normalized spacial score (nSPS) is 19.3. The van der Waals surface area contributed by atoms with Crippen molar-refractivity contribution in [3.63, 3.8) is 0 Å². The van der Waals surface area contributed by atoms with Crippen LogP contribution in [0.3, 0.4) is 0 Å². The summed E-state index contributed by atoms with van der Waals surface area (Å²) in [6.07, 6.45) is 0. The van der Waals surface area contributed by atoms with Gasteiger partial charge in [-0.25, -0.2) is 0 Å². The first-order valence-corrected chi connectivity index (χ1v) is 11.5. The smallest absolute Gasteiger partial charge is 0.0473 e. The quantitative estimate of drug-likeness (QED) is 0.712. The number of hydrogen-bond donors (Lipinski definition) is 0. The van der Waals surface area contributed by atoms with Crippen molar-refractivity contribution in [1.29, 1.82) is 0 Å². The minimum absolute atomic E-state index is 0.231. The number of nitrogens with zero attached hydrogens (tertiary/aromatic N) is 4. The second kappa shape index (κ2) is 12.0. The summed E-state index contributed by atoms with van der Waals surface area (Å²) >= 11 is 0. The van der Waals surface area contributed by atoms with E-state index < -0.39 is 0 Å². The number of hydrogen-bond acceptors (Lipinski definition) is 4. The van der Waals surface area contributed by atoms with Gasteiger partial charge in [0.2, 0.25) is 0 Å². The second-order valence-corrected chi connectivity index (χ2v) is 8.66. The van der Waals surface area contributed by atoms with Crippen LogP contribution < -0.4 is 9.80 Å². The maximum absolute atomic E-state index is 2.51. The zero-order valence-corrected chi connectivity index (χ0v) is 20.0. The molecule has 4 nitrogen and oxygen atoms in total. The lowest BCUT2D eigenvalue weighted by Crippen LogP contribution is -2.58. The molecule has 0 unspecified atom stereocenters. The van der Waals surface area contributed by atoms with Gasteiger partial charge in [0.05, 0.1) is 0 Å². The first-order chi connectivity index (χ1) is 14.5. The van der Waals surface area contributed by atoms with Crippen molar-refractivity contribution < 1.29 is 0 Å². The Morgan fingerprint density at radius 1 is 0.600 bits per heavy atom. The van der Waals surface area contributed by atoms with E-state index in [1.54, 1.807) is 0 Å². The third-order valence-corrected chi connectivity index (χ3v) is 5.79. The summed E-state index contributed by atoms with van der Waals surface area (Å²) in [5.41, 5.74) is 2.93. The van der Waals surface area contributed by atoms with Crippen molar-refractivity contribution in [3.8, 4) is 0 Å². The number of likely N-dealkylation sites (N-methyl/N-ethyl adjacent to an activating group) is 2. The van der Waals surface area contributed by atoms with E-state index in [2.05, 4.69) is 108 Å². The van der Waals surface area contributed by atoms with Crippen molar-refractivity contribution in [2.75, 3.05) is 69.7 Å². The van der Waals surface area contributed by atoms with Crippen molar-refractivity contribution in [1.82, 2.24) is 9.80 Å². The van der Waals surface area contributed by atoms with Gasteiger partial charge in [0.1, 0.15) is 0 Å². The number of para-hydroxylation sites is 2. The Balaban J connectivity index is 0.000000199. The van der Waals surface area contributed by atoms with E-state index in [1.165, 1.54) is 24.5 Å². The van der Waals surface area contributed by atoms with Gasteiger partial charge < -0.3 is 19.6 Å². The van der Waals surface area contributed by atoms with Gasteiger partial charge in [-0.3, -0.25) is 0 Å². The maximum atomic E-state index is 2.51. The van der Waals surface area contributed by atoms with Crippen LogP contribution in [0, 0.1) is 0 Å². The predicted molar refractivity (Wildman–Crippen MR) is 133 cm³/mol. The zero-order valence-electron chi connectivity index (χ0n) is 20.0. The summed E-state index contributed by atoms with van der Waals surface area (Å²) in [6.45, 7) is 16.7. The molecule has 4 heteroatoms. The minimum atomic E-state index is 0.231. The van der Waals surface area contributed by atoms with Gasteiger partial charge in [0.15, 0.2) is 0 Å². The molecule has 0 saturated carbocycles. The van der Waals surface area contributed by atoms with Crippen LogP contribution >= 0.6 is 0 Å². The number of anilines is 2. The molecule has 0 aliphatic carbocycles.